The van der Waals surface area contributed by atoms with Crippen LogP contribution in [0.1, 0.15) is 22.6 Å². The third-order valence-electron chi connectivity index (χ3n) is 4.40. The number of ether oxygens (including phenoxy) is 1. The Morgan fingerprint density at radius 1 is 1.07 bits per heavy atom. The predicted molar refractivity (Wildman–Crippen MR) is 108 cm³/mol. The van der Waals surface area contributed by atoms with Crippen molar-refractivity contribution in [3.63, 3.8) is 0 Å². The van der Waals surface area contributed by atoms with Gasteiger partial charge < -0.3 is 4.74 Å². The molecule has 0 radical (unpaired) electrons. The standard InChI is InChI=1S/C21H20ClN5O/c1-14-10-19(21-23-15(2)24-25-21)26-27(14)12-17-11-18(22)8-9-20(17)28-13-16-6-4-3-5-7-16/h3-11H,12-13H2,1-2H3,(H,23,24,25). The SMILES string of the molecule is Cc1n[nH]c(-c2cc(C)n(Cc3cc(Cl)ccc3OCc3ccccc3)n2)n1. The Kier molecular flexibility index (Phi) is 5.12. The quantitative estimate of drug-likeness (QED) is 0.521. The fourth-order valence-electron chi connectivity index (χ4n) is 2.96. The molecule has 7 heteroatoms. The molecule has 0 fully saturated rings. The molecule has 1 N–H and O–H groups in total. The smallest absolute Gasteiger partial charge is 0.176 e. The highest BCUT2D eigenvalue weighted by Crippen LogP contribution is 2.26. The van der Waals surface area contributed by atoms with Crippen LogP contribution in [0.4, 0.5) is 0 Å². The van der Waals surface area contributed by atoms with Crippen LogP contribution in [-0.4, -0.2) is 25.0 Å². The van der Waals surface area contributed by atoms with E-state index in [1.165, 1.54) is 0 Å². The number of aromatic amines is 1. The number of hydrogen-bond acceptors (Lipinski definition) is 4. The van der Waals surface area contributed by atoms with E-state index in [2.05, 4.69) is 20.3 Å². The van der Waals surface area contributed by atoms with Gasteiger partial charge in [-0.25, -0.2) is 4.98 Å². The third-order valence-corrected chi connectivity index (χ3v) is 4.64. The van der Waals surface area contributed by atoms with Crippen molar-refractivity contribution in [2.24, 2.45) is 0 Å². The van der Waals surface area contributed by atoms with E-state index in [1.807, 2.05) is 73.1 Å². The largest absolute Gasteiger partial charge is 0.489 e. The van der Waals surface area contributed by atoms with Gasteiger partial charge in [-0.1, -0.05) is 41.9 Å². The van der Waals surface area contributed by atoms with Gasteiger partial charge in [0.1, 0.15) is 23.9 Å². The van der Waals surface area contributed by atoms with Crippen LogP contribution in [0.15, 0.2) is 54.6 Å². The first-order chi connectivity index (χ1) is 13.6. The van der Waals surface area contributed by atoms with Crippen molar-refractivity contribution in [2.75, 3.05) is 0 Å². The number of H-pyrrole nitrogens is 1. The zero-order valence-corrected chi connectivity index (χ0v) is 16.4. The number of rotatable bonds is 6. The van der Waals surface area contributed by atoms with E-state index in [0.29, 0.717) is 29.8 Å². The molecular weight excluding hydrogens is 374 g/mol. The molecule has 28 heavy (non-hydrogen) atoms. The van der Waals surface area contributed by atoms with Crippen molar-refractivity contribution in [2.45, 2.75) is 27.0 Å². The lowest BCUT2D eigenvalue weighted by atomic mass is 10.2. The molecule has 0 saturated carbocycles. The minimum absolute atomic E-state index is 0.496. The maximum absolute atomic E-state index is 6.24. The molecule has 0 saturated heterocycles. The lowest BCUT2D eigenvalue weighted by Crippen LogP contribution is -2.06. The highest BCUT2D eigenvalue weighted by Gasteiger charge is 2.13. The van der Waals surface area contributed by atoms with Crippen LogP contribution in [0, 0.1) is 13.8 Å². The number of halogens is 1. The van der Waals surface area contributed by atoms with Gasteiger partial charge >= 0.3 is 0 Å². The van der Waals surface area contributed by atoms with Crippen LogP contribution in [0.3, 0.4) is 0 Å². The van der Waals surface area contributed by atoms with E-state index in [4.69, 9.17) is 16.3 Å². The second kappa shape index (κ2) is 7.86. The molecule has 142 valence electrons. The van der Waals surface area contributed by atoms with Crippen molar-refractivity contribution in [1.29, 1.82) is 0 Å². The molecule has 0 aliphatic carbocycles. The molecule has 2 heterocycles. The summed E-state index contributed by atoms with van der Waals surface area (Å²) in [6.45, 7) is 4.89. The highest BCUT2D eigenvalue weighted by molar-refractivity contribution is 6.30. The minimum atomic E-state index is 0.496. The van der Waals surface area contributed by atoms with E-state index >= 15 is 0 Å². The summed E-state index contributed by atoms with van der Waals surface area (Å²) in [7, 11) is 0. The maximum Gasteiger partial charge on any atom is 0.176 e. The van der Waals surface area contributed by atoms with Crippen LogP contribution in [0.25, 0.3) is 11.5 Å². The number of aromatic nitrogens is 5. The Morgan fingerprint density at radius 3 is 2.64 bits per heavy atom. The second-order valence-corrected chi connectivity index (χ2v) is 7.02. The topological polar surface area (TPSA) is 68.6 Å². The highest BCUT2D eigenvalue weighted by atomic mass is 35.5. The molecule has 0 unspecified atom stereocenters. The molecule has 0 spiro atoms. The molecular formula is C21H20ClN5O. The Hall–Kier alpha value is -3.12. The Morgan fingerprint density at radius 2 is 1.89 bits per heavy atom. The molecule has 2 aromatic carbocycles. The summed E-state index contributed by atoms with van der Waals surface area (Å²) < 4.78 is 7.97. The normalized spacial score (nSPS) is 11.0. The van der Waals surface area contributed by atoms with Crippen molar-refractivity contribution in [3.8, 4) is 17.3 Å². The average Bonchev–Trinajstić information content (AvgIpc) is 3.28. The van der Waals surface area contributed by atoms with Gasteiger partial charge in [0, 0.05) is 16.3 Å². The molecule has 4 aromatic rings. The summed E-state index contributed by atoms with van der Waals surface area (Å²) in [5, 5.41) is 12.3. The summed E-state index contributed by atoms with van der Waals surface area (Å²) in [6, 6.07) is 17.7. The molecule has 0 aliphatic heterocycles. The first-order valence-electron chi connectivity index (χ1n) is 8.97. The fraction of sp³-hybridized carbons (Fsp3) is 0.190. The van der Waals surface area contributed by atoms with Gasteiger partial charge in [0.25, 0.3) is 0 Å². The predicted octanol–water partition coefficient (Wildman–Crippen LogP) is 4.57. The molecule has 0 amide bonds. The molecule has 0 atom stereocenters. The van der Waals surface area contributed by atoms with Crippen LogP contribution in [0.5, 0.6) is 5.75 Å². The Balaban J connectivity index is 1.57. The summed E-state index contributed by atoms with van der Waals surface area (Å²) in [5.41, 5.74) is 3.85. The number of benzene rings is 2. The lowest BCUT2D eigenvalue weighted by molar-refractivity contribution is 0.302. The van der Waals surface area contributed by atoms with Crippen LogP contribution < -0.4 is 4.74 Å². The zero-order chi connectivity index (χ0) is 19.5. The average molecular weight is 394 g/mol. The van der Waals surface area contributed by atoms with Gasteiger partial charge in [-0.15, -0.1) is 0 Å². The third kappa shape index (κ3) is 4.07. The monoisotopic (exact) mass is 393 g/mol. The van der Waals surface area contributed by atoms with Gasteiger partial charge in [0.2, 0.25) is 0 Å². The van der Waals surface area contributed by atoms with Gasteiger partial charge in [-0.05, 0) is 43.7 Å². The Bertz CT molecular complexity index is 1090. The van der Waals surface area contributed by atoms with E-state index in [-0.39, 0.29) is 0 Å². The molecule has 0 aliphatic rings. The van der Waals surface area contributed by atoms with Crippen molar-refractivity contribution in [3.05, 3.63) is 82.3 Å². The van der Waals surface area contributed by atoms with Crippen LogP contribution in [0.2, 0.25) is 5.02 Å². The fourth-order valence-corrected chi connectivity index (χ4v) is 3.15. The summed E-state index contributed by atoms with van der Waals surface area (Å²) in [6.07, 6.45) is 0. The van der Waals surface area contributed by atoms with E-state index in [1.54, 1.807) is 0 Å². The van der Waals surface area contributed by atoms with Crippen LogP contribution in [-0.2, 0) is 13.2 Å². The summed E-state index contributed by atoms with van der Waals surface area (Å²) in [4.78, 5) is 4.35. The van der Waals surface area contributed by atoms with E-state index in [0.717, 1.165) is 28.3 Å². The van der Waals surface area contributed by atoms with Gasteiger partial charge in [-0.3, -0.25) is 9.78 Å². The summed E-state index contributed by atoms with van der Waals surface area (Å²) >= 11 is 6.24. The van der Waals surface area contributed by atoms with Crippen molar-refractivity contribution >= 4 is 11.6 Å². The first-order valence-corrected chi connectivity index (χ1v) is 9.35. The molecule has 2 aromatic heterocycles. The number of nitrogens with one attached hydrogen (secondary N) is 1. The van der Waals surface area contributed by atoms with E-state index in [9.17, 15) is 0 Å². The van der Waals surface area contributed by atoms with Gasteiger partial charge in [0.05, 0.1) is 6.54 Å². The van der Waals surface area contributed by atoms with Crippen molar-refractivity contribution in [1.82, 2.24) is 25.0 Å². The lowest BCUT2D eigenvalue weighted by Gasteiger charge is -2.13. The second-order valence-electron chi connectivity index (χ2n) is 6.59. The van der Waals surface area contributed by atoms with E-state index < -0.39 is 0 Å². The number of hydrogen-bond donors (Lipinski definition) is 1. The molecule has 0 bridgehead atoms. The molecule has 6 nitrogen and oxygen atoms in total. The van der Waals surface area contributed by atoms with Gasteiger partial charge in [-0.2, -0.15) is 10.2 Å². The van der Waals surface area contributed by atoms with Crippen LogP contribution >= 0.6 is 11.6 Å². The molecule has 4 rings (SSSR count). The number of aryl methyl sites for hydroxylation is 2. The van der Waals surface area contributed by atoms with Gasteiger partial charge in [0.15, 0.2) is 5.82 Å². The Labute approximate surface area is 168 Å². The zero-order valence-electron chi connectivity index (χ0n) is 15.7. The minimum Gasteiger partial charge on any atom is -0.489 e. The summed E-state index contributed by atoms with van der Waals surface area (Å²) in [5.74, 6) is 2.14. The van der Waals surface area contributed by atoms with Crippen molar-refractivity contribution < 1.29 is 4.74 Å². The maximum atomic E-state index is 6.24. The first kappa shape index (κ1) is 18.3. The number of nitrogens with zero attached hydrogens (tertiary/aromatic N) is 4.